The number of nitrogens with zero attached hydrogens (tertiary/aromatic N) is 4. The van der Waals surface area contributed by atoms with Crippen molar-refractivity contribution in [2.24, 2.45) is 0 Å². The van der Waals surface area contributed by atoms with Crippen LogP contribution >= 0.6 is 0 Å². The van der Waals surface area contributed by atoms with Gasteiger partial charge in [0, 0.05) is 5.56 Å². The number of nitrogens with one attached hydrogen (secondary N) is 1. The molecule has 10 nitrogen and oxygen atoms in total. The van der Waals surface area contributed by atoms with E-state index in [2.05, 4.69) is 20.3 Å². The Morgan fingerprint density at radius 2 is 1.77 bits per heavy atom. The highest BCUT2D eigenvalue weighted by molar-refractivity contribution is 6.06. The second kappa shape index (κ2) is 9.20. The van der Waals surface area contributed by atoms with Crippen LogP contribution in [0.15, 0.2) is 73.3 Å². The Bertz CT molecular complexity index is 1360. The first-order valence-corrected chi connectivity index (χ1v) is 10.8. The fourth-order valence-corrected chi connectivity index (χ4v) is 3.78. The molecule has 1 amide bonds. The predicted octanol–water partition coefficient (Wildman–Crippen LogP) is 2.88. The van der Waals surface area contributed by atoms with Gasteiger partial charge in [-0.25, -0.2) is 24.1 Å². The van der Waals surface area contributed by atoms with Crippen molar-refractivity contribution in [1.29, 1.82) is 0 Å². The number of ether oxygens (including phenoxy) is 2. The van der Waals surface area contributed by atoms with Gasteiger partial charge in [-0.3, -0.25) is 9.36 Å². The van der Waals surface area contributed by atoms with Crippen LogP contribution in [0.25, 0.3) is 11.2 Å². The van der Waals surface area contributed by atoms with E-state index in [4.69, 9.17) is 9.47 Å². The Hall–Kier alpha value is -4.22. The zero-order chi connectivity index (χ0) is 24.4. The second-order valence-corrected chi connectivity index (χ2v) is 7.93. The van der Waals surface area contributed by atoms with Crippen LogP contribution in [0.4, 0.5) is 10.2 Å². The SMILES string of the molecule is O=C(Nc1ncnc2c1ncn2[C@H]1C[C@@](O)(F)[C@@H](COC(=O)c2ccccc2)O1)c1ccccc1. The molecule has 5 rings (SSSR count). The normalized spacial score (nSPS) is 21.7. The standard InChI is InChI=1S/C24H20FN5O5/c25-24(33)11-18(35-17(24)12-34-23(32)16-9-5-2-6-10-16)30-14-28-19-20(26-13-27-21(19)30)29-22(31)15-7-3-1-4-8-15/h1-10,13-14,17-18,33H,11-12H2,(H,26,27,29,31)/t17-,18-,24+/m1/s1. The molecule has 2 aromatic heterocycles. The summed E-state index contributed by atoms with van der Waals surface area (Å²) in [7, 11) is 0. The van der Waals surface area contributed by atoms with Crippen LogP contribution in [0.2, 0.25) is 0 Å². The van der Waals surface area contributed by atoms with Crippen LogP contribution in [0.5, 0.6) is 0 Å². The average Bonchev–Trinajstić information content (AvgIpc) is 3.44. The minimum absolute atomic E-state index is 0.171. The quantitative estimate of drug-likeness (QED) is 0.406. The molecule has 0 radical (unpaired) electrons. The molecule has 1 aliphatic rings. The maximum Gasteiger partial charge on any atom is 0.338 e. The highest BCUT2D eigenvalue weighted by Crippen LogP contribution is 2.39. The average molecular weight is 477 g/mol. The van der Waals surface area contributed by atoms with Crippen molar-refractivity contribution in [3.63, 3.8) is 0 Å². The topological polar surface area (TPSA) is 128 Å². The number of carbonyl (C=O) groups is 2. The van der Waals surface area contributed by atoms with Gasteiger partial charge in [0.05, 0.1) is 18.3 Å². The second-order valence-electron chi connectivity index (χ2n) is 7.93. The summed E-state index contributed by atoms with van der Waals surface area (Å²) in [5, 5.41) is 13.0. The van der Waals surface area contributed by atoms with Crippen LogP contribution in [0.1, 0.15) is 33.4 Å². The first kappa shape index (κ1) is 22.6. The molecule has 11 heteroatoms. The minimum atomic E-state index is -2.75. The van der Waals surface area contributed by atoms with Crippen molar-refractivity contribution in [3.8, 4) is 0 Å². The van der Waals surface area contributed by atoms with E-state index in [1.807, 2.05) is 0 Å². The smallest absolute Gasteiger partial charge is 0.338 e. The third kappa shape index (κ3) is 4.59. The van der Waals surface area contributed by atoms with Gasteiger partial charge in [0.1, 0.15) is 19.2 Å². The van der Waals surface area contributed by atoms with Crippen LogP contribution in [0, 0.1) is 0 Å². The van der Waals surface area contributed by atoms with Gasteiger partial charge in [0.2, 0.25) is 5.85 Å². The van der Waals surface area contributed by atoms with Crippen molar-refractivity contribution < 1.29 is 28.6 Å². The highest BCUT2D eigenvalue weighted by atomic mass is 19.2. The number of imidazole rings is 1. The van der Waals surface area contributed by atoms with Crippen LogP contribution in [-0.2, 0) is 9.47 Å². The van der Waals surface area contributed by atoms with Crippen molar-refractivity contribution >= 4 is 28.9 Å². The summed E-state index contributed by atoms with van der Waals surface area (Å²) in [6.07, 6.45) is -0.255. The van der Waals surface area contributed by atoms with Gasteiger partial charge in [-0.2, -0.15) is 0 Å². The fourth-order valence-electron chi connectivity index (χ4n) is 3.78. The molecule has 1 fully saturated rings. The lowest BCUT2D eigenvalue weighted by atomic mass is 10.1. The van der Waals surface area contributed by atoms with Crippen molar-refractivity contribution in [1.82, 2.24) is 19.5 Å². The largest absolute Gasteiger partial charge is 0.459 e. The van der Waals surface area contributed by atoms with Gasteiger partial charge in [-0.15, -0.1) is 0 Å². The molecular weight excluding hydrogens is 457 g/mol. The summed E-state index contributed by atoms with van der Waals surface area (Å²) < 4.78 is 27.2. The lowest BCUT2D eigenvalue weighted by molar-refractivity contribution is -0.151. The van der Waals surface area contributed by atoms with E-state index in [0.717, 1.165) is 0 Å². The maximum atomic E-state index is 14.9. The monoisotopic (exact) mass is 477 g/mol. The number of aromatic nitrogens is 4. The van der Waals surface area contributed by atoms with E-state index >= 15 is 0 Å². The number of alkyl halides is 1. The molecule has 0 bridgehead atoms. The molecule has 3 heterocycles. The van der Waals surface area contributed by atoms with Crippen LogP contribution in [0.3, 0.4) is 0 Å². The van der Waals surface area contributed by atoms with Gasteiger partial charge in [0.25, 0.3) is 5.91 Å². The summed E-state index contributed by atoms with van der Waals surface area (Å²) in [5.74, 6) is -3.62. The van der Waals surface area contributed by atoms with Gasteiger partial charge < -0.3 is 19.9 Å². The lowest BCUT2D eigenvalue weighted by Gasteiger charge is -2.19. The molecule has 0 saturated carbocycles. The number of halogens is 1. The number of aliphatic hydroxyl groups is 1. The Morgan fingerprint density at radius 1 is 1.09 bits per heavy atom. The Balaban J connectivity index is 1.32. The fraction of sp³-hybridized carbons (Fsp3) is 0.208. The van der Waals surface area contributed by atoms with Crippen molar-refractivity contribution in [3.05, 3.63) is 84.4 Å². The molecule has 0 spiro atoms. The zero-order valence-corrected chi connectivity index (χ0v) is 18.2. The first-order chi connectivity index (χ1) is 16.9. The van der Waals surface area contributed by atoms with Gasteiger partial charge in [-0.05, 0) is 24.3 Å². The van der Waals surface area contributed by atoms with Crippen molar-refractivity contribution in [2.75, 3.05) is 11.9 Å². The lowest BCUT2D eigenvalue weighted by Crippen LogP contribution is -2.37. The highest BCUT2D eigenvalue weighted by Gasteiger charge is 2.50. The molecule has 2 aromatic carbocycles. The number of fused-ring (bicyclic) bond motifs is 1. The number of benzene rings is 2. The first-order valence-electron chi connectivity index (χ1n) is 10.8. The van der Waals surface area contributed by atoms with Crippen LogP contribution in [-0.4, -0.2) is 55.1 Å². The number of hydrogen-bond acceptors (Lipinski definition) is 8. The summed E-state index contributed by atoms with van der Waals surface area (Å²) in [6.45, 7) is -0.489. The Morgan fingerprint density at radius 3 is 2.49 bits per heavy atom. The number of amides is 1. The summed E-state index contributed by atoms with van der Waals surface area (Å²) in [6, 6.07) is 16.8. The van der Waals surface area contributed by atoms with Gasteiger partial charge >= 0.3 is 5.97 Å². The summed E-state index contributed by atoms with van der Waals surface area (Å²) in [5.41, 5.74) is 1.27. The molecule has 0 unspecified atom stereocenters. The molecule has 1 saturated heterocycles. The van der Waals surface area contributed by atoms with E-state index in [1.54, 1.807) is 60.7 Å². The van der Waals surface area contributed by atoms with Crippen LogP contribution < -0.4 is 5.32 Å². The number of anilines is 1. The molecule has 4 aromatic rings. The molecule has 3 atom stereocenters. The summed E-state index contributed by atoms with van der Waals surface area (Å²) in [4.78, 5) is 37.2. The minimum Gasteiger partial charge on any atom is -0.459 e. The number of esters is 1. The molecule has 178 valence electrons. The van der Waals surface area contributed by atoms with E-state index in [1.165, 1.54) is 17.2 Å². The molecule has 35 heavy (non-hydrogen) atoms. The third-order valence-electron chi connectivity index (χ3n) is 5.59. The Labute approximate surface area is 198 Å². The van der Waals surface area contributed by atoms with E-state index in [-0.39, 0.29) is 22.9 Å². The van der Waals surface area contributed by atoms with Gasteiger partial charge in [0.15, 0.2) is 23.1 Å². The van der Waals surface area contributed by atoms with Crippen molar-refractivity contribution in [2.45, 2.75) is 24.6 Å². The van der Waals surface area contributed by atoms with E-state index in [9.17, 15) is 19.1 Å². The van der Waals surface area contributed by atoms with E-state index < -0.39 is 37.2 Å². The number of hydrogen-bond donors (Lipinski definition) is 2. The van der Waals surface area contributed by atoms with Gasteiger partial charge in [-0.1, -0.05) is 36.4 Å². The molecule has 1 aliphatic heterocycles. The molecular formula is C24H20FN5O5. The summed E-state index contributed by atoms with van der Waals surface area (Å²) >= 11 is 0. The number of rotatable bonds is 6. The van der Waals surface area contributed by atoms with E-state index in [0.29, 0.717) is 11.1 Å². The third-order valence-corrected chi connectivity index (χ3v) is 5.59. The number of carbonyl (C=O) groups excluding carboxylic acids is 2. The molecule has 2 N–H and O–H groups in total. The molecule has 0 aliphatic carbocycles. The zero-order valence-electron chi connectivity index (χ0n) is 18.2. The Kier molecular flexibility index (Phi) is 5.93. The maximum absolute atomic E-state index is 14.9. The predicted molar refractivity (Wildman–Crippen MR) is 121 cm³/mol.